The number of allylic oxidation sites excluding steroid dienone is 2. The molecule has 1 saturated carbocycles. The third kappa shape index (κ3) is 8.27. The van der Waals surface area contributed by atoms with E-state index in [9.17, 15) is 22.4 Å². The van der Waals surface area contributed by atoms with Crippen molar-refractivity contribution in [3.63, 3.8) is 0 Å². The first-order chi connectivity index (χ1) is 23.6. The number of rotatable bonds is 13. The van der Waals surface area contributed by atoms with Crippen LogP contribution in [0.2, 0.25) is 0 Å². The highest BCUT2D eigenvalue weighted by Gasteiger charge is 2.32. The first-order valence-corrected chi connectivity index (χ1v) is 17.2. The van der Waals surface area contributed by atoms with Crippen LogP contribution in [-0.4, -0.2) is 25.3 Å². The smallest absolute Gasteiger partial charge is 0.341 e. The Labute approximate surface area is 283 Å². The molecule has 264 valence electrons. The molecule has 0 amide bonds. The number of unbranched alkanes of at least 4 members (excludes halogenated alkanes) is 2. The topological polar surface area (TPSA) is 44.8 Å². The minimum Gasteiger partial charge on any atom is -0.490 e. The third-order valence-corrected chi connectivity index (χ3v) is 9.65. The first-order valence-electron chi connectivity index (χ1n) is 17.2. The molecule has 0 heterocycles. The van der Waals surface area contributed by atoms with E-state index < -0.39 is 63.7 Å². The Hall–Kier alpha value is -3.95. The van der Waals surface area contributed by atoms with Crippen LogP contribution in [0.4, 0.5) is 26.3 Å². The molecule has 1 fully saturated rings. The number of carbonyl (C=O) groups is 1. The molecule has 0 bridgehead atoms. The Kier molecular flexibility index (Phi) is 12.3. The van der Waals surface area contributed by atoms with Gasteiger partial charge in [0.15, 0.2) is 34.8 Å². The lowest BCUT2D eigenvalue weighted by Gasteiger charge is -2.35. The van der Waals surface area contributed by atoms with E-state index in [-0.39, 0.29) is 23.7 Å². The zero-order valence-electron chi connectivity index (χ0n) is 27.9. The van der Waals surface area contributed by atoms with E-state index in [0.29, 0.717) is 44.1 Å². The molecule has 0 aliphatic heterocycles. The average molecular weight is 689 g/mol. The third-order valence-electron chi connectivity index (χ3n) is 9.65. The van der Waals surface area contributed by atoms with E-state index in [1.807, 2.05) is 19.9 Å². The lowest BCUT2D eigenvalue weighted by atomic mass is 9.72. The number of ether oxygens (including phenoxy) is 3. The van der Waals surface area contributed by atoms with E-state index >= 15 is 8.78 Å². The lowest BCUT2D eigenvalue weighted by Crippen LogP contribution is -2.28. The van der Waals surface area contributed by atoms with E-state index in [1.54, 1.807) is 6.07 Å². The summed E-state index contributed by atoms with van der Waals surface area (Å²) in [5.74, 6) is -8.28. The minimum atomic E-state index is -1.50. The predicted octanol–water partition coefficient (Wildman–Crippen LogP) is 11.1. The largest absolute Gasteiger partial charge is 0.490 e. The van der Waals surface area contributed by atoms with E-state index in [4.69, 9.17) is 14.2 Å². The number of hydrogen-bond acceptors (Lipinski definition) is 4. The zero-order valence-corrected chi connectivity index (χ0v) is 27.9. The van der Waals surface area contributed by atoms with Crippen LogP contribution in [0.1, 0.15) is 100 Å². The fraction of sp³-hybridized carbons (Fsp3) is 0.462. The molecule has 0 saturated heterocycles. The van der Waals surface area contributed by atoms with E-state index in [1.165, 1.54) is 6.07 Å². The summed E-state index contributed by atoms with van der Waals surface area (Å²) in [4.78, 5) is 12.9. The van der Waals surface area contributed by atoms with Crippen molar-refractivity contribution in [1.82, 2.24) is 0 Å². The molecule has 0 radical (unpaired) electrons. The van der Waals surface area contributed by atoms with Crippen molar-refractivity contribution >= 4 is 11.5 Å². The molecule has 2 aliphatic rings. The fourth-order valence-electron chi connectivity index (χ4n) is 6.73. The summed E-state index contributed by atoms with van der Waals surface area (Å²) in [6, 6.07) is 7.37. The summed E-state index contributed by atoms with van der Waals surface area (Å²) in [6.07, 6.45) is 9.33. The van der Waals surface area contributed by atoms with Crippen LogP contribution in [0.25, 0.3) is 16.7 Å². The highest BCUT2D eigenvalue weighted by atomic mass is 19.2. The van der Waals surface area contributed by atoms with Gasteiger partial charge in [0.25, 0.3) is 0 Å². The van der Waals surface area contributed by atoms with Crippen molar-refractivity contribution in [3.05, 3.63) is 88.5 Å². The summed E-state index contributed by atoms with van der Waals surface area (Å²) in [5.41, 5.74) is -0.622. The van der Waals surface area contributed by atoms with Crippen molar-refractivity contribution in [2.75, 3.05) is 13.2 Å². The fourth-order valence-corrected chi connectivity index (χ4v) is 6.73. The molecule has 0 aromatic heterocycles. The van der Waals surface area contributed by atoms with Crippen molar-refractivity contribution in [2.24, 2.45) is 11.8 Å². The molecule has 1 atom stereocenters. The summed E-state index contributed by atoms with van der Waals surface area (Å²) < 4.78 is 105. The normalized spacial score (nSPS) is 19.3. The van der Waals surface area contributed by atoms with Crippen molar-refractivity contribution in [3.8, 4) is 22.6 Å². The van der Waals surface area contributed by atoms with Gasteiger partial charge in [0.05, 0.1) is 18.8 Å². The molecule has 49 heavy (non-hydrogen) atoms. The molecule has 4 nitrogen and oxygen atoms in total. The maximum Gasteiger partial charge on any atom is 0.341 e. The molecule has 3 aromatic rings. The van der Waals surface area contributed by atoms with Gasteiger partial charge in [-0.15, -0.1) is 0 Å². The molecule has 1 unspecified atom stereocenters. The van der Waals surface area contributed by atoms with Gasteiger partial charge in [0.1, 0.15) is 6.10 Å². The van der Waals surface area contributed by atoms with E-state index in [0.717, 1.165) is 74.8 Å². The van der Waals surface area contributed by atoms with Crippen LogP contribution < -0.4 is 9.47 Å². The van der Waals surface area contributed by atoms with Crippen LogP contribution in [-0.2, 0) is 4.74 Å². The predicted molar refractivity (Wildman–Crippen MR) is 175 cm³/mol. The Morgan fingerprint density at radius 1 is 0.633 bits per heavy atom. The molecule has 2 aliphatic carbocycles. The summed E-state index contributed by atoms with van der Waals surface area (Å²) in [7, 11) is 0. The van der Waals surface area contributed by atoms with Crippen LogP contribution in [0.5, 0.6) is 11.5 Å². The first kappa shape index (κ1) is 36.3. The summed E-state index contributed by atoms with van der Waals surface area (Å²) >= 11 is 0. The highest BCUT2D eigenvalue weighted by Crippen LogP contribution is 2.42. The molecule has 3 aromatic carbocycles. The number of hydrogen-bond donors (Lipinski definition) is 0. The Bertz CT molecular complexity index is 1660. The number of esters is 1. The second-order valence-corrected chi connectivity index (χ2v) is 12.9. The molecule has 5 rings (SSSR count). The van der Waals surface area contributed by atoms with Gasteiger partial charge in [0.2, 0.25) is 11.6 Å². The van der Waals surface area contributed by atoms with Gasteiger partial charge in [-0.05, 0) is 106 Å². The highest BCUT2D eigenvalue weighted by molar-refractivity contribution is 5.90. The number of benzene rings is 3. The molecule has 0 spiro atoms. The van der Waals surface area contributed by atoms with Crippen molar-refractivity contribution < 1.29 is 45.3 Å². The monoisotopic (exact) mass is 688 g/mol. The number of carbonyl (C=O) groups excluding carboxylic acids is 1. The Morgan fingerprint density at radius 3 is 1.71 bits per heavy atom. The Morgan fingerprint density at radius 2 is 1.16 bits per heavy atom. The molecule has 10 heteroatoms. The van der Waals surface area contributed by atoms with Crippen LogP contribution in [0.15, 0.2) is 42.5 Å². The minimum absolute atomic E-state index is 0.0760. The SMILES string of the molecule is CCCCOc1ccc(C2=CCC(C3CCC(OC(=O)c4ccc(-c5ccc(OCCCC)c(F)c5F)c(F)c4F)CC3)CC2)c(F)c1F. The van der Waals surface area contributed by atoms with Crippen LogP contribution in [0, 0.1) is 46.7 Å². The molecular formula is C39H42F6O4. The summed E-state index contributed by atoms with van der Waals surface area (Å²) in [5, 5.41) is 0. The van der Waals surface area contributed by atoms with Gasteiger partial charge < -0.3 is 14.2 Å². The quantitative estimate of drug-likeness (QED) is 0.102. The number of halogens is 6. The van der Waals surface area contributed by atoms with Gasteiger partial charge in [-0.3, -0.25) is 0 Å². The second-order valence-electron chi connectivity index (χ2n) is 12.9. The van der Waals surface area contributed by atoms with E-state index in [2.05, 4.69) is 0 Å². The standard InChI is InChI=1S/C39H42F6O4/c1-3-5-21-47-31-19-17-27(33(40)37(31)44)25-9-7-23(8-10-25)24-11-13-26(14-12-24)49-39(46)30-16-15-28(34(41)36(30)43)29-18-20-32(38(45)35(29)42)48-22-6-4-2/h9,15-20,23-24,26H,3-8,10-14,21-22H2,1-2H3. The lowest BCUT2D eigenvalue weighted by molar-refractivity contribution is 0.0123. The van der Waals surface area contributed by atoms with Gasteiger partial charge in [-0.25, -0.2) is 22.4 Å². The maximum absolute atomic E-state index is 15.1. The van der Waals surface area contributed by atoms with Gasteiger partial charge in [0, 0.05) is 16.7 Å². The average Bonchev–Trinajstić information content (AvgIpc) is 3.10. The van der Waals surface area contributed by atoms with Crippen LogP contribution >= 0.6 is 0 Å². The molecular weight excluding hydrogens is 646 g/mol. The van der Waals surface area contributed by atoms with Crippen molar-refractivity contribution in [1.29, 1.82) is 0 Å². The van der Waals surface area contributed by atoms with Gasteiger partial charge in [-0.2, -0.15) is 8.78 Å². The van der Waals surface area contributed by atoms with Gasteiger partial charge >= 0.3 is 5.97 Å². The van der Waals surface area contributed by atoms with Crippen LogP contribution in [0.3, 0.4) is 0 Å². The second kappa shape index (κ2) is 16.6. The van der Waals surface area contributed by atoms with Crippen molar-refractivity contribution in [2.45, 2.75) is 90.6 Å². The Balaban J connectivity index is 1.15. The van der Waals surface area contributed by atoms with Gasteiger partial charge in [-0.1, -0.05) is 38.8 Å². The summed E-state index contributed by atoms with van der Waals surface area (Å²) in [6.45, 7) is 4.42. The maximum atomic E-state index is 15.1. The zero-order chi connectivity index (χ0) is 35.1. The molecule has 0 N–H and O–H groups in total.